The predicted octanol–water partition coefficient (Wildman–Crippen LogP) is 0.753. The highest BCUT2D eigenvalue weighted by Gasteiger charge is 2.18. The first-order valence-corrected chi connectivity index (χ1v) is 5.52. The van der Waals surface area contributed by atoms with Gasteiger partial charge in [0.1, 0.15) is 6.26 Å². The second-order valence-electron chi connectivity index (χ2n) is 2.93. The number of primary amides is 1. The van der Waals surface area contributed by atoms with Gasteiger partial charge >= 0.3 is 12.1 Å². The Hall–Kier alpha value is -2.62. The zero-order valence-electron chi connectivity index (χ0n) is 8.86. The third-order valence-electron chi connectivity index (χ3n) is 1.74. The molecule has 0 aliphatic carbocycles. The monoisotopic (exact) mass is 268 g/mol. The van der Waals surface area contributed by atoms with Gasteiger partial charge < -0.3 is 10.3 Å². The van der Waals surface area contributed by atoms with Crippen molar-refractivity contribution in [2.75, 3.05) is 10.3 Å². The van der Waals surface area contributed by atoms with Gasteiger partial charge in [0.2, 0.25) is 0 Å². The van der Waals surface area contributed by atoms with Crippen molar-refractivity contribution in [1.29, 1.82) is 0 Å². The van der Waals surface area contributed by atoms with E-state index in [2.05, 4.69) is 25.4 Å². The van der Waals surface area contributed by atoms with Crippen LogP contribution < -0.4 is 21.5 Å². The lowest BCUT2D eigenvalue weighted by Crippen LogP contribution is -2.50. The third-order valence-corrected chi connectivity index (χ3v) is 2.43. The zero-order chi connectivity index (χ0) is 13.0. The smallest absolute Gasteiger partial charge is 0.340 e. The van der Waals surface area contributed by atoms with Gasteiger partial charge in [0.05, 0.1) is 0 Å². The van der Waals surface area contributed by atoms with Gasteiger partial charge in [-0.3, -0.25) is 5.32 Å². The number of amides is 4. The number of aromatic nitrogens is 2. The summed E-state index contributed by atoms with van der Waals surface area (Å²) in [5.74, 6) is 0.0665. The molecule has 10 heteroatoms. The van der Waals surface area contributed by atoms with Crippen molar-refractivity contribution in [3.63, 3.8) is 0 Å². The molecule has 0 spiro atoms. The fourth-order valence-corrected chi connectivity index (χ4v) is 1.58. The maximum absolute atomic E-state index is 11.6. The maximum atomic E-state index is 11.6. The van der Waals surface area contributed by atoms with Crippen LogP contribution in [0.4, 0.5) is 20.5 Å². The highest BCUT2D eigenvalue weighted by molar-refractivity contribution is 7.13. The fourth-order valence-electron chi connectivity index (χ4n) is 1.06. The molecule has 0 aliphatic heterocycles. The van der Waals surface area contributed by atoms with Crippen LogP contribution in [0, 0.1) is 0 Å². The molecule has 2 rings (SSSR count). The molecule has 0 atom stereocenters. The van der Waals surface area contributed by atoms with E-state index in [1.807, 2.05) is 0 Å². The summed E-state index contributed by atoms with van der Waals surface area (Å²) >= 11 is 1.23. The Morgan fingerprint density at radius 2 is 2.33 bits per heavy atom. The van der Waals surface area contributed by atoms with Gasteiger partial charge in [-0.15, -0.1) is 11.3 Å². The number of urea groups is 2. The van der Waals surface area contributed by atoms with E-state index >= 15 is 0 Å². The standard InChI is InChI=1S/C8H8N6O3S/c9-6(15)14(5-1-3-17-13-5)12-7(16)11-8-10-2-4-18-8/h1-4H,(H2,9,15)(H2,10,11,12,16). The maximum Gasteiger partial charge on any atom is 0.340 e. The van der Waals surface area contributed by atoms with Gasteiger partial charge in [-0.05, 0) is 0 Å². The first kappa shape index (κ1) is 11.9. The molecule has 94 valence electrons. The minimum absolute atomic E-state index is 0.0665. The topological polar surface area (TPSA) is 126 Å². The van der Waals surface area contributed by atoms with Crippen molar-refractivity contribution >= 4 is 34.3 Å². The van der Waals surface area contributed by atoms with Crippen molar-refractivity contribution < 1.29 is 14.1 Å². The Balaban J connectivity index is 2.01. The van der Waals surface area contributed by atoms with E-state index in [9.17, 15) is 9.59 Å². The molecule has 9 nitrogen and oxygen atoms in total. The van der Waals surface area contributed by atoms with Crippen LogP contribution in [0.2, 0.25) is 0 Å². The summed E-state index contributed by atoms with van der Waals surface area (Å²) in [7, 11) is 0. The van der Waals surface area contributed by atoms with Gasteiger partial charge in [-0.2, -0.15) is 5.01 Å². The van der Waals surface area contributed by atoms with E-state index in [-0.39, 0.29) is 5.82 Å². The lowest BCUT2D eigenvalue weighted by Gasteiger charge is -2.17. The molecule has 2 aromatic heterocycles. The molecule has 4 N–H and O–H groups in total. The molecule has 18 heavy (non-hydrogen) atoms. The van der Waals surface area contributed by atoms with Crippen molar-refractivity contribution in [1.82, 2.24) is 15.6 Å². The fraction of sp³-hybridized carbons (Fsp3) is 0. The number of hydrogen-bond acceptors (Lipinski definition) is 6. The van der Waals surface area contributed by atoms with Crippen LogP contribution in [0.5, 0.6) is 0 Å². The summed E-state index contributed by atoms with van der Waals surface area (Å²) in [6, 6.07) is -0.209. The van der Waals surface area contributed by atoms with Crippen LogP contribution in [-0.2, 0) is 0 Å². The molecule has 0 radical (unpaired) electrons. The van der Waals surface area contributed by atoms with Crippen LogP contribution >= 0.6 is 11.3 Å². The number of hydrazine groups is 1. The van der Waals surface area contributed by atoms with Crippen LogP contribution in [0.3, 0.4) is 0 Å². The molecular weight excluding hydrogens is 260 g/mol. The van der Waals surface area contributed by atoms with E-state index in [0.29, 0.717) is 5.13 Å². The molecule has 0 aliphatic rings. The normalized spacial score (nSPS) is 9.78. The number of hydrogen-bond donors (Lipinski definition) is 3. The average molecular weight is 268 g/mol. The number of carbonyl (C=O) groups excluding carboxylic acids is 2. The number of thiazole rings is 1. The summed E-state index contributed by atoms with van der Waals surface area (Å²) in [6.45, 7) is 0. The molecule has 0 fully saturated rings. The zero-order valence-corrected chi connectivity index (χ0v) is 9.68. The Labute approximate surface area is 105 Å². The SMILES string of the molecule is NC(=O)N(NC(=O)Nc1nccs1)c1ccon1. The lowest BCUT2D eigenvalue weighted by atomic mass is 10.6. The quantitative estimate of drug-likeness (QED) is 0.693. The summed E-state index contributed by atoms with van der Waals surface area (Å²) in [5, 5.41) is 8.72. The molecule has 4 amide bonds. The molecule has 0 unspecified atom stereocenters. The Kier molecular flexibility index (Phi) is 3.38. The Bertz CT molecular complexity index is 525. The third kappa shape index (κ3) is 2.74. The highest BCUT2D eigenvalue weighted by Crippen LogP contribution is 2.11. The van der Waals surface area contributed by atoms with E-state index in [1.54, 1.807) is 5.38 Å². The largest absolute Gasteiger partial charge is 0.363 e. The second kappa shape index (κ2) is 5.14. The van der Waals surface area contributed by atoms with Crippen molar-refractivity contribution in [3.8, 4) is 0 Å². The van der Waals surface area contributed by atoms with E-state index in [1.165, 1.54) is 29.9 Å². The van der Waals surface area contributed by atoms with E-state index in [4.69, 9.17) is 5.73 Å². The van der Waals surface area contributed by atoms with Crippen LogP contribution in [0.15, 0.2) is 28.4 Å². The summed E-state index contributed by atoms with van der Waals surface area (Å²) < 4.78 is 4.55. The van der Waals surface area contributed by atoms with Crippen LogP contribution in [-0.4, -0.2) is 22.2 Å². The van der Waals surface area contributed by atoms with Gasteiger partial charge in [-0.1, -0.05) is 5.16 Å². The van der Waals surface area contributed by atoms with Gasteiger partial charge in [0, 0.05) is 17.6 Å². The Morgan fingerprint density at radius 3 is 2.89 bits per heavy atom. The summed E-state index contributed by atoms with van der Waals surface area (Å²) in [6.07, 6.45) is 2.77. The molecule has 0 aromatic carbocycles. The van der Waals surface area contributed by atoms with Crippen molar-refractivity contribution in [2.45, 2.75) is 0 Å². The minimum atomic E-state index is -0.904. The summed E-state index contributed by atoms with van der Waals surface area (Å²) in [5.41, 5.74) is 7.31. The van der Waals surface area contributed by atoms with Crippen LogP contribution in [0.25, 0.3) is 0 Å². The lowest BCUT2D eigenvalue weighted by molar-refractivity contribution is 0.241. The molecular formula is C8H8N6O3S. The number of anilines is 2. The number of carbonyl (C=O) groups is 2. The summed E-state index contributed by atoms with van der Waals surface area (Å²) in [4.78, 5) is 26.6. The average Bonchev–Trinajstić information content (AvgIpc) is 2.97. The highest BCUT2D eigenvalue weighted by atomic mass is 32.1. The Morgan fingerprint density at radius 1 is 1.50 bits per heavy atom. The molecule has 2 aromatic rings. The van der Waals surface area contributed by atoms with Gasteiger partial charge in [0.25, 0.3) is 0 Å². The molecule has 2 heterocycles. The molecule has 0 saturated heterocycles. The number of nitrogens with zero attached hydrogens (tertiary/aromatic N) is 3. The first-order valence-electron chi connectivity index (χ1n) is 4.64. The number of rotatable bonds is 2. The van der Waals surface area contributed by atoms with E-state index in [0.717, 1.165) is 5.01 Å². The van der Waals surface area contributed by atoms with Gasteiger partial charge in [0.15, 0.2) is 10.9 Å². The molecule has 0 bridgehead atoms. The second-order valence-corrected chi connectivity index (χ2v) is 3.83. The number of nitrogens with one attached hydrogen (secondary N) is 2. The first-order chi connectivity index (χ1) is 8.66. The number of nitrogens with two attached hydrogens (primary N) is 1. The minimum Gasteiger partial charge on any atom is -0.363 e. The van der Waals surface area contributed by atoms with Gasteiger partial charge in [-0.25, -0.2) is 20.0 Å². The van der Waals surface area contributed by atoms with Crippen LogP contribution in [0.1, 0.15) is 0 Å². The van der Waals surface area contributed by atoms with Crippen molar-refractivity contribution in [3.05, 3.63) is 23.9 Å². The predicted molar refractivity (Wildman–Crippen MR) is 62.8 cm³/mol. The molecule has 0 saturated carbocycles. The van der Waals surface area contributed by atoms with Crippen molar-refractivity contribution in [2.24, 2.45) is 5.73 Å². The van der Waals surface area contributed by atoms with E-state index < -0.39 is 12.1 Å².